The first kappa shape index (κ1) is 22.5. The highest BCUT2D eigenvalue weighted by atomic mass is 35.5. The fraction of sp³-hybridized carbons (Fsp3) is 0.381. The molecule has 4 N–H and O–H groups in total. The van der Waals surface area contributed by atoms with E-state index in [4.69, 9.17) is 23.2 Å². The lowest BCUT2D eigenvalue weighted by Crippen LogP contribution is -2.39. The lowest BCUT2D eigenvalue weighted by Gasteiger charge is -2.19. The van der Waals surface area contributed by atoms with E-state index in [9.17, 15) is 19.5 Å². The number of ketones is 1. The number of carbonyl (C=O) groups is 3. The summed E-state index contributed by atoms with van der Waals surface area (Å²) in [6.07, 6.45) is 2.54. The molecule has 160 valence electrons. The Morgan fingerprint density at radius 2 is 1.70 bits per heavy atom. The SMILES string of the molecule is C1CNCCN1.C=CCC1(C)Cc2cc(C3=C(O)C(=O)NC3=O)c(Cl)c(Cl)c2C1=O. The number of nitrogens with one attached hydrogen (secondary N) is 3. The number of aliphatic hydroxyl groups is 1. The fourth-order valence-electron chi connectivity index (χ4n) is 3.83. The topological polar surface area (TPSA) is 108 Å². The van der Waals surface area contributed by atoms with Gasteiger partial charge in [-0.25, -0.2) is 0 Å². The highest BCUT2D eigenvalue weighted by molar-refractivity contribution is 6.47. The molecule has 30 heavy (non-hydrogen) atoms. The van der Waals surface area contributed by atoms with Crippen molar-refractivity contribution in [1.82, 2.24) is 16.0 Å². The van der Waals surface area contributed by atoms with Crippen LogP contribution in [0.5, 0.6) is 0 Å². The molecule has 1 aromatic rings. The van der Waals surface area contributed by atoms with Gasteiger partial charge in [0.15, 0.2) is 11.5 Å². The summed E-state index contributed by atoms with van der Waals surface area (Å²) in [5, 5.41) is 18.3. The number of allylic oxidation sites excluding steroid dienone is 1. The van der Waals surface area contributed by atoms with Crippen molar-refractivity contribution >= 4 is 46.4 Å². The Kier molecular flexibility index (Phi) is 6.67. The predicted octanol–water partition coefficient (Wildman–Crippen LogP) is 2.42. The second-order valence-corrected chi connectivity index (χ2v) is 8.41. The largest absolute Gasteiger partial charge is 0.502 e. The quantitative estimate of drug-likeness (QED) is 0.415. The van der Waals surface area contributed by atoms with Gasteiger partial charge in [-0.1, -0.05) is 36.2 Å². The van der Waals surface area contributed by atoms with E-state index in [0.717, 1.165) is 26.2 Å². The molecule has 7 nitrogen and oxygen atoms in total. The van der Waals surface area contributed by atoms with Gasteiger partial charge < -0.3 is 15.7 Å². The minimum Gasteiger partial charge on any atom is -0.502 e. The minimum atomic E-state index is -0.893. The highest BCUT2D eigenvalue weighted by Gasteiger charge is 2.44. The number of hydrogen-bond donors (Lipinski definition) is 4. The summed E-state index contributed by atoms with van der Waals surface area (Å²) in [6, 6.07) is 1.54. The molecule has 1 aromatic carbocycles. The molecule has 1 aliphatic carbocycles. The van der Waals surface area contributed by atoms with Gasteiger partial charge in [-0.3, -0.25) is 19.7 Å². The van der Waals surface area contributed by atoms with E-state index in [1.54, 1.807) is 12.1 Å². The van der Waals surface area contributed by atoms with Crippen LogP contribution in [0.3, 0.4) is 0 Å². The molecule has 3 aliphatic rings. The zero-order chi connectivity index (χ0) is 22.1. The van der Waals surface area contributed by atoms with Crippen molar-refractivity contribution in [1.29, 1.82) is 0 Å². The number of amides is 2. The van der Waals surface area contributed by atoms with Crippen LogP contribution in [0.25, 0.3) is 5.57 Å². The van der Waals surface area contributed by atoms with Crippen LogP contribution in [0.2, 0.25) is 10.0 Å². The number of imide groups is 1. The van der Waals surface area contributed by atoms with Crippen molar-refractivity contribution in [3.63, 3.8) is 0 Å². The molecule has 2 amide bonds. The molecule has 1 saturated heterocycles. The van der Waals surface area contributed by atoms with Gasteiger partial charge in [0.25, 0.3) is 11.8 Å². The number of hydrogen-bond acceptors (Lipinski definition) is 6. The number of aliphatic hydroxyl groups excluding tert-OH is 1. The number of benzene rings is 1. The Bertz CT molecular complexity index is 958. The molecule has 2 heterocycles. The van der Waals surface area contributed by atoms with Crippen molar-refractivity contribution in [2.45, 2.75) is 19.8 Å². The molecule has 9 heteroatoms. The smallest absolute Gasteiger partial charge is 0.293 e. The summed E-state index contributed by atoms with van der Waals surface area (Å²) >= 11 is 12.5. The third-order valence-electron chi connectivity index (χ3n) is 5.37. The van der Waals surface area contributed by atoms with E-state index in [2.05, 4.69) is 17.2 Å². The molecule has 0 aromatic heterocycles. The second kappa shape index (κ2) is 8.89. The van der Waals surface area contributed by atoms with Crippen LogP contribution in [0, 0.1) is 5.41 Å². The average Bonchev–Trinajstić information content (AvgIpc) is 3.12. The van der Waals surface area contributed by atoms with E-state index >= 15 is 0 Å². The number of halogens is 2. The molecule has 0 radical (unpaired) electrons. The van der Waals surface area contributed by atoms with Crippen molar-refractivity contribution in [2.75, 3.05) is 26.2 Å². The first-order chi connectivity index (χ1) is 14.2. The maximum atomic E-state index is 12.7. The average molecular weight is 452 g/mol. The zero-order valence-corrected chi connectivity index (χ0v) is 18.0. The summed E-state index contributed by atoms with van der Waals surface area (Å²) < 4.78 is 0. The number of piperazine rings is 1. The Balaban J connectivity index is 0.000000367. The van der Waals surface area contributed by atoms with Crippen LogP contribution >= 0.6 is 23.2 Å². The summed E-state index contributed by atoms with van der Waals surface area (Å²) in [5.41, 5.74) is 0.164. The summed E-state index contributed by atoms with van der Waals surface area (Å²) in [6.45, 7) is 10.0. The maximum Gasteiger partial charge on any atom is 0.293 e. The van der Waals surface area contributed by atoms with Crippen molar-refractivity contribution in [3.05, 3.63) is 51.2 Å². The van der Waals surface area contributed by atoms with E-state index in [1.165, 1.54) is 0 Å². The number of fused-ring (bicyclic) bond motifs is 1. The minimum absolute atomic E-state index is 0.0226. The molecule has 4 rings (SSSR count). The number of Topliss-reactive ketones (excluding diaryl/α,β-unsaturated/α-hetero) is 1. The van der Waals surface area contributed by atoms with Crippen molar-refractivity contribution in [2.24, 2.45) is 5.41 Å². The van der Waals surface area contributed by atoms with Gasteiger partial charge in [0.05, 0.1) is 15.6 Å². The molecule has 1 fully saturated rings. The Morgan fingerprint density at radius 3 is 2.17 bits per heavy atom. The second-order valence-electron chi connectivity index (χ2n) is 7.65. The lowest BCUT2D eigenvalue weighted by molar-refractivity contribution is -0.124. The Hall–Kier alpha value is -2.19. The van der Waals surface area contributed by atoms with Gasteiger partial charge in [0, 0.05) is 42.7 Å². The van der Waals surface area contributed by atoms with Gasteiger partial charge in [0.2, 0.25) is 0 Å². The number of carbonyl (C=O) groups excluding carboxylic acids is 3. The predicted molar refractivity (Wildman–Crippen MR) is 116 cm³/mol. The summed E-state index contributed by atoms with van der Waals surface area (Å²) in [5.74, 6) is -2.50. The van der Waals surface area contributed by atoms with Gasteiger partial charge in [-0.15, -0.1) is 6.58 Å². The van der Waals surface area contributed by atoms with Crippen LogP contribution in [0.4, 0.5) is 0 Å². The number of rotatable bonds is 3. The molecule has 1 atom stereocenters. The molecule has 0 spiro atoms. The van der Waals surface area contributed by atoms with Crippen LogP contribution in [-0.4, -0.2) is 48.9 Å². The van der Waals surface area contributed by atoms with Crippen molar-refractivity contribution in [3.8, 4) is 0 Å². The molecule has 1 unspecified atom stereocenters. The molecule has 0 saturated carbocycles. The Labute approximate surface area is 184 Å². The van der Waals surface area contributed by atoms with Gasteiger partial charge in [0.1, 0.15) is 0 Å². The van der Waals surface area contributed by atoms with E-state index in [0.29, 0.717) is 24.0 Å². The first-order valence-corrected chi connectivity index (χ1v) is 10.3. The van der Waals surface area contributed by atoms with Gasteiger partial charge in [-0.05, 0) is 24.5 Å². The molecular formula is C21H23Cl2N3O4. The zero-order valence-electron chi connectivity index (χ0n) is 16.5. The monoisotopic (exact) mass is 451 g/mol. The fourth-order valence-corrected chi connectivity index (χ4v) is 4.38. The summed E-state index contributed by atoms with van der Waals surface area (Å²) in [7, 11) is 0. The van der Waals surface area contributed by atoms with Crippen molar-refractivity contribution < 1.29 is 19.5 Å². The van der Waals surface area contributed by atoms with Crippen LogP contribution in [0.1, 0.15) is 34.8 Å². The van der Waals surface area contributed by atoms with E-state index < -0.39 is 23.0 Å². The third kappa shape index (κ3) is 4.03. The van der Waals surface area contributed by atoms with Crippen LogP contribution < -0.4 is 16.0 Å². The molecular weight excluding hydrogens is 429 g/mol. The summed E-state index contributed by atoms with van der Waals surface area (Å²) in [4.78, 5) is 36.1. The first-order valence-electron chi connectivity index (χ1n) is 9.58. The van der Waals surface area contributed by atoms with E-state index in [1.807, 2.05) is 12.2 Å². The van der Waals surface area contributed by atoms with Gasteiger partial charge >= 0.3 is 0 Å². The maximum absolute atomic E-state index is 12.7. The van der Waals surface area contributed by atoms with Crippen LogP contribution in [0.15, 0.2) is 24.5 Å². The Morgan fingerprint density at radius 1 is 1.10 bits per heavy atom. The lowest BCUT2D eigenvalue weighted by atomic mass is 9.83. The van der Waals surface area contributed by atoms with E-state index in [-0.39, 0.29) is 27.0 Å². The van der Waals surface area contributed by atoms with Crippen LogP contribution in [-0.2, 0) is 16.0 Å². The highest BCUT2D eigenvalue weighted by Crippen LogP contribution is 2.47. The van der Waals surface area contributed by atoms with Gasteiger partial charge in [-0.2, -0.15) is 0 Å². The normalized spacial score (nSPS) is 23.1. The molecule has 0 bridgehead atoms. The standard InChI is InChI=1S/C17H13Cl2NO4.C4H10N2/c1-3-4-17(2)6-7-5-8(10-13(21)16(24)20-15(10)23)11(18)12(19)9(7)14(17)22;1-2-6-4-3-5-1/h3,5H,1,4,6H2,2H3,(H2,20,21,23,24);5-6H,1-4H2. The molecule has 2 aliphatic heterocycles. The third-order valence-corrected chi connectivity index (χ3v) is 6.24.